The van der Waals surface area contributed by atoms with Crippen LogP contribution in [0, 0.1) is 18.7 Å². The van der Waals surface area contributed by atoms with E-state index in [0.717, 1.165) is 17.7 Å². The minimum absolute atomic E-state index is 0.152. The molecule has 0 heterocycles. The summed E-state index contributed by atoms with van der Waals surface area (Å²) < 4.78 is 13.4. The zero-order valence-electron chi connectivity index (χ0n) is 13.3. The molecule has 1 nitrogen and oxygen atoms in total. The lowest BCUT2D eigenvalue weighted by molar-refractivity contribution is 0.626. The summed E-state index contributed by atoms with van der Waals surface area (Å²) in [5.41, 5.74) is 4.33. The number of hydrogen-bond donors (Lipinski definition) is 1. The van der Waals surface area contributed by atoms with Gasteiger partial charge in [-0.2, -0.15) is 0 Å². The lowest BCUT2D eigenvalue weighted by Gasteiger charge is -2.17. The maximum Gasteiger partial charge on any atom is 0.125 e. The number of anilines is 1. The van der Waals surface area contributed by atoms with Crippen molar-refractivity contribution in [2.75, 3.05) is 5.32 Å². The van der Waals surface area contributed by atoms with E-state index in [1.165, 1.54) is 23.3 Å². The fourth-order valence-electron chi connectivity index (χ4n) is 2.57. The predicted octanol–water partition coefficient (Wildman–Crippen LogP) is 5.51. The van der Waals surface area contributed by atoms with Gasteiger partial charge >= 0.3 is 0 Å². The first kappa shape index (κ1) is 15.6. The van der Waals surface area contributed by atoms with E-state index in [0.29, 0.717) is 5.92 Å². The van der Waals surface area contributed by atoms with Crippen LogP contribution in [0.5, 0.6) is 0 Å². The van der Waals surface area contributed by atoms with Gasteiger partial charge in [-0.05, 0) is 61.1 Å². The molecule has 1 unspecified atom stereocenters. The van der Waals surface area contributed by atoms with Crippen molar-refractivity contribution in [2.45, 2.75) is 40.2 Å². The monoisotopic (exact) mass is 285 g/mol. The number of nitrogens with one attached hydrogen (secondary N) is 1. The normalized spacial score (nSPS) is 12.5. The van der Waals surface area contributed by atoms with Crippen LogP contribution in [0.25, 0.3) is 0 Å². The Labute approximate surface area is 127 Å². The maximum atomic E-state index is 13.4. The topological polar surface area (TPSA) is 12.0 Å². The van der Waals surface area contributed by atoms with Crippen LogP contribution in [0.2, 0.25) is 0 Å². The van der Waals surface area contributed by atoms with Gasteiger partial charge in [0.25, 0.3) is 0 Å². The van der Waals surface area contributed by atoms with E-state index < -0.39 is 0 Å². The highest BCUT2D eigenvalue weighted by Gasteiger charge is 2.07. The van der Waals surface area contributed by atoms with Gasteiger partial charge in [0.1, 0.15) is 5.82 Å². The Bertz CT molecular complexity index is 567. The highest BCUT2D eigenvalue weighted by Crippen LogP contribution is 2.22. The van der Waals surface area contributed by atoms with Crippen molar-refractivity contribution in [2.24, 2.45) is 5.92 Å². The van der Waals surface area contributed by atoms with Gasteiger partial charge in [-0.15, -0.1) is 0 Å². The molecule has 2 heteroatoms. The Hall–Kier alpha value is -1.83. The summed E-state index contributed by atoms with van der Waals surface area (Å²) >= 11 is 0. The number of benzene rings is 2. The van der Waals surface area contributed by atoms with E-state index in [1.54, 1.807) is 0 Å². The van der Waals surface area contributed by atoms with Gasteiger partial charge in [0.2, 0.25) is 0 Å². The predicted molar refractivity (Wildman–Crippen MR) is 88.2 cm³/mol. The highest BCUT2D eigenvalue weighted by molar-refractivity contribution is 5.48. The molecule has 21 heavy (non-hydrogen) atoms. The van der Waals surface area contributed by atoms with Crippen molar-refractivity contribution in [1.29, 1.82) is 0 Å². The van der Waals surface area contributed by atoms with E-state index in [2.05, 4.69) is 50.4 Å². The average Bonchev–Trinajstić information content (AvgIpc) is 2.37. The molecule has 0 saturated heterocycles. The summed E-state index contributed by atoms with van der Waals surface area (Å²) in [5.74, 6) is 0.471. The van der Waals surface area contributed by atoms with Crippen LogP contribution in [0.1, 0.15) is 43.5 Å². The summed E-state index contributed by atoms with van der Waals surface area (Å²) in [7, 11) is 0. The molecule has 2 aromatic carbocycles. The van der Waals surface area contributed by atoms with Crippen molar-refractivity contribution in [3.63, 3.8) is 0 Å². The minimum atomic E-state index is -0.197. The third-order valence-corrected chi connectivity index (χ3v) is 3.55. The van der Waals surface area contributed by atoms with Crippen molar-refractivity contribution in [3.8, 4) is 0 Å². The molecule has 0 bridgehead atoms. The number of halogens is 1. The smallest absolute Gasteiger partial charge is 0.125 e. The molecule has 1 atom stereocenters. The lowest BCUT2D eigenvalue weighted by atomic mass is 10.00. The van der Waals surface area contributed by atoms with Crippen LogP contribution < -0.4 is 5.32 Å². The molecule has 1 N–H and O–H groups in total. The molecular weight excluding hydrogens is 261 g/mol. The van der Waals surface area contributed by atoms with Crippen molar-refractivity contribution < 1.29 is 4.39 Å². The van der Waals surface area contributed by atoms with Crippen LogP contribution in [0.4, 0.5) is 10.1 Å². The van der Waals surface area contributed by atoms with E-state index in [-0.39, 0.29) is 11.9 Å². The van der Waals surface area contributed by atoms with Gasteiger partial charge in [0, 0.05) is 11.7 Å². The Morgan fingerprint density at radius 2 is 1.67 bits per heavy atom. The van der Waals surface area contributed by atoms with E-state index in [9.17, 15) is 4.39 Å². The van der Waals surface area contributed by atoms with Gasteiger partial charge in [0.15, 0.2) is 0 Å². The summed E-state index contributed by atoms with van der Waals surface area (Å²) in [6.07, 6.45) is 1.10. The van der Waals surface area contributed by atoms with Gasteiger partial charge in [-0.1, -0.05) is 38.1 Å². The zero-order valence-corrected chi connectivity index (χ0v) is 13.3. The van der Waals surface area contributed by atoms with E-state index in [4.69, 9.17) is 0 Å². The Morgan fingerprint density at radius 1 is 1.00 bits per heavy atom. The van der Waals surface area contributed by atoms with Gasteiger partial charge in [-0.3, -0.25) is 0 Å². The fourth-order valence-corrected chi connectivity index (χ4v) is 2.57. The van der Waals surface area contributed by atoms with Crippen LogP contribution >= 0.6 is 0 Å². The Balaban J connectivity index is 2.07. The molecule has 112 valence electrons. The van der Waals surface area contributed by atoms with Crippen LogP contribution in [-0.2, 0) is 6.42 Å². The Morgan fingerprint density at radius 3 is 2.24 bits per heavy atom. The Kier molecular flexibility index (Phi) is 5.00. The second kappa shape index (κ2) is 6.75. The molecule has 0 spiro atoms. The molecule has 0 saturated carbocycles. The van der Waals surface area contributed by atoms with Crippen molar-refractivity contribution >= 4 is 5.69 Å². The molecule has 0 fully saturated rings. The fraction of sp³-hybridized carbons (Fsp3) is 0.368. The molecule has 0 aliphatic rings. The highest BCUT2D eigenvalue weighted by atomic mass is 19.1. The second-order valence-corrected chi connectivity index (χ2v) is 6.22. The first-order valence-corrected chi connectivity index (χ1v) is 7.56. The summed E-state index contributed by atoms with van der Waals surface area (Å²) in [5, 5.41) is 3.36. The first-order valence-electron chi connectivity index (χ1n) is 7.56. The van der Waals surface area contributed by atoms with Gasteiger partial charge in [-0.25, -0.2) is 4.39 Å². The zero-order chi connectivity index (χ0) is 15.4. The summed E-state index contributed by atoms with van der Waals surface area (Å²) in [6.45, 7) is 8.45. The lowest BCUT2D eigenvalue weighted by Crippen LogP contribution is -2.07. The minimum Gasteiger partial charge on any atom is -0.378 e. The molecule has 0 amide bonds. The molecular formula is C19H24FN. The molecule has 0 aliphatic heterocycles. The third-order valence-electron chi connectivity index (χ3n) is 3.55. The van der Waals surface area contributed by atoms with Crippen LogP contribution in [0.3, 0.4) is 0 Å². The molecule has 0 aromatic heterocycles. The van der Waals surface area contributed by atoms with Crippen molar-refractivity contribution in [1.82, 2.24) is 0 Å². The van der Waals surface area contributed by atoms with E-state index >= 15 is 0 Å². The standard InChI is InChI=1S/C19H24FN/c1-13(2)9-16-5-7-17(8-6-16)15(4)21-19-11-14(3)10-18(20)12-19/h5-8,10-13,15,21H,9H2,1-4H3. The first-order chi connectivity index (χ1) is 9.94. The van der Waals surface area contributed by atoms with Gasteiger partial charge < -0.3 is 5.32 Å². The number of aryl methyl sites for hydroxylation is 1. The molecule has 0 radical (unpaired) electrons. The SMILES string of the molecule is Cc1cc(F)cc(NC(C)c2ccc(CC(C)C)cc2)c1. The largest absolute Gasteiger partial charge is 0.378 e. The van der Waals surface area contributed by atoms with Crippen LogP contribution in [0.15, 0.2) is 42.5 Å². The molecule has 0 aliphatic carbocycles. The molecule has 2 aromatic rings. The summed E-state index contributed by atoms with van der Waals surface area (Å²) in [6, 6.07) is 13.9. The molecule has 2 rings (SSSR count). The van der Waals surface area contributed by atoms with Crippen LogP contribution in [-0.4, -0.2) is 0 Å². The van der Waals surface area contributed by atoms with Gasteiger partial charge in [0.05, 0.1) is 0 Å². The van der Waals surface area contributed by atoms with E-state index in [1.807, 2.05) is 13.0 Å². The van der Waals surface area contributed by atoms with Crippen molar-refractivity contribution in [3.05, 3.63) is 65.0 Å². The third kappa shape index (κ3) is 4.59. The number of rotatable bonds is 5. The average molecular weight is 285 g/mol. The number of hydrogen-bond acceptors (Lipinski definition) is 1. The quantitative estimate of drug-likeness (QED) is 0.764. The second-order valence-electron chi connectivity index (χ2n) is 6.22. The summed E-state index contributed by atoms with van der Waals surface area (Å²) in [4.78, 5) is 0. The maximum absolute atomic E-state index is 13.4.